The number of piperidine rings is 1. The van der Waals surface area contributed by atoms with Crippen molar-refractivity contribution in [2.45, 2.75) is 56.8 Å². The minimum atomic E-state index is -0.918. The van der Waals surface area contributed by atoms with Crippen molar-refractivity contribution < 1.29 is 18.3 Å². The highest BCUT2D eigenvalue weighted by molar-refractivity contribution is 6.36. The molecule has 0 N–H and O–H groups in total. The standard InChI is InChI=1S/C39H39ClF2N8O2/c1-24-43-16-14-27(45-24)12-13-32(51)49-17-5-9-28(22-49)48(2)37-30-20-44-35(29-10-3-7-25-8-4-11-31(40)33(25)29)34(42)36(30)46-38(47-37)52-23-39-15-6-18-50(39)21-26(41)19-39/h3-4,7-8,10-14,16,20,26,28H,5-6,9,15,17-19,21-23H2,1-2H3/b13-12+/t26-,28-,39+/m1/s1. The fourth-order valence-corrected chi connectivity index (χ4v) is 8.44. The summed E-state index contributed by atoms with van der Waals surface area (Å²) in [6.07, 6.45) is 9.29. The van der Waals surface area contributed by atoms with E-state index in [0.717, 1.165) is 37.6 Å². The van der Waals surface area contributed by atoms with Gasteiger partial charge in [-0.05, 0) is 62.7 Å². The first-order chi connectivity index (χ1) is 25.2. The Morgan fingerprint density at radius 2 is 1.94 bits per heavy atom. The fourth-order valence-electron chi connectivity index (χ4n) is 8.16. The minimum Gasteiger partial charge on any atom is -0.461 e. The van der Waals surface area contributed by atoms with Gasteiger partial charge in [0.05, 0.1) is 16.6 Å². The van der Waals surface area contributed by atoms with Gasteiger partial charge in [-0.1, -0.05) is 41.9 Å². The average Bonchev–Trinajstić information content (AvgIpc) is 3.68. The number of halogens is 3. The second-order valence-electron chi connectivity index (χ2n) is 14.1. The number of amides is 1. The summed E-state index contributed by atoms with van der Waals surface area (Å²) in [4.78, 5) is 41.8. The largest absolute Gasteiger partial charge is 0.461 e. The van der Waals surface area contributed by atoms with Crippen molar-refractivity contribution in [3.8, 4) is 17.3 Å². The molecule has 0 unspecified atom stereocenters. The lowest BCUT2D eigenvalue weighted by Gasteiger charge is -2.38. The number of likely N-dealkylation sites (N-methyl/N-ethyl adjacent to an activating group) is 1. The van der Waals surface area contributed by atoms with E-state index in [1.807, 2.05) is 36.2 Å². The predicted octanol–water partition coefficient (Wildman–Crippen LogP) is 6.83. The lowest BCUT2D eigenvalue weighted by atomic mass is 9.95. The lowest BCUT2D eigenvalue weighted by Crippen LogP contribution is -2.48. The number of benzene rings is 2. The van der Waals surface area contributed by atoms with Crippen molar-refractivity contribution in [1.29, 1.82) is 0 Å². The molecule has 8 rings (SSSR count). The van der Waals surface area contributed by atoms with Crippen molar-refractivity contribution in [3.05, 3.63) is 83.3 Å². The molecule has 268 valence electrons. The highest BCUT2D eigenvalue weighted by Crippen LogP contribution is 2.41. The van der Waals surface area contributed by atoms with Gasteiger partial charge >= 0.3 is 6.01 Å². The van der Waals surface area contributed by atoms with E-state index in [0.29, 0.717) is 64.7 Å². The number of carbonyl (C=O) groups excluding carboxylic acids is 1. The number of likely N-dealkylation sites (tertiary alicyclic amines) is 1. The summed E-state index contributed by atoms with van der Waals surface area (Å²) in [5, 5.41) is 2.46. The first-order valence-corrected chi connectivity index (χ1v) is 18.1. The molecule has 3 fully saturated rings. The Kier molecular flexibility index (Phi) is 9.21. The highest BCUT2D eigenvalue weighted by atomic mass is 35.5. The molecular formula is C39H39ClF2N8O2. The van der Waals surface area contributed by atoms with Crippen LogP contribution in [0.5, 0.6) is 6.01 Å². The molecule has 52 heavy (non-hydrogen) atoms. The molecule has 0 saturated carbocycles. The molecule has 6 heterocycles. The van der Waals surface area contributed by atoms with Crippen LogP contribution in [-0.4, -0.2) is 98.2 Å². The van der Waals surface area contributed by atoms with Gasteiger partial charge in [0.15, 0.2) is 5.82 Å². The summed E-state index contributed by atoms with van der Waals surface area (Å²) in [5.41, 5.74) is 0.939. The van der Waals surface area contributed by atoms with Crippen molar-refractivity contribution in [1.82, 2.24) is 34.7 Å². The summed E-state index contributed by atoms with van der Waals surface area (Å²) < 4.78 is 37.8. The van der Waals surface area contributed by atoms with E-state index in [1.165, 1.54) is 6.08 Å². The first kappa shape index (κ1) is 34.3. The number of ether oxygens (including phenoxy) is 1. The Hall–Kier alpha value is -4.81. The van der Waals surface area contributed by atoms with Crippen LogP contribution in [0.4, 0.5) is 14.6 Å². The number of aryl methyl sites for hydroxylation is 1. The Bertz CT molecular complexity index is 2200. The first-order valence-electron chi connectivity index (χ1n) is 17.7. The van der Waals surface area contributed by atoms with Crippen LogP contribution >= 0.6 is 11.6 Å². The molecule has 3 aliphatic heterocycles. The van der Waals surface area contributed by atoms with E-state index in [2.05, 4.69) is 24.8 Å². The number of fused-ring (bicyclic) bond motifs is 3. The highest BCUT2D eigenvalue weighted by Gasteiger charge is 2.49. The number of pyridine rings is 1. The van der Waals surface area contributed by atoms with Crippen molar-refractivity contribution in [2.24, 2.45) is 0 Å². The maximum atomic E-state index is 16.9. The van der Waals surface area contributed by atoms with Gasteiger partial charge in [0.1, 0.15) is 35.6 Å². The van der Waals surface area contributed by atoms with Crippen LogP contribution in [0.25, 0.3) is 39.0 Å². The van der Waals surface area contributed by atoms with Gasteiger partial charge < -0.3 is 14.5 Å². The van der Waals surface area contributed by atoms with E-state index in [9.17, 15) is 9.18 Å². The van der Waals surface area contributed by atoms with Crippen LogP contribution < -0.4 is 9.64 Å². The van der Waals surface area contributed by atoms with Crippen LogP contribution in [0.2, 0.25) is 5.02 Å². The predicted molar refractivity (Wildman–Crippen MR) is 198 cm³/mol. The Labute approximate surface area is 305 Å². The van der Waals surface area contributed by atoms with Gasteiger partial charge in [-0.15, -0.1) is 0 Å². The summed E-state index contributed by atoms with van der Waals surface area (Å²) in [7, 11) is 1.89. The lowest BCUT2D eigenvalue weighted by molar-refractivity contribution is -0.127. The number of alkyl halides is 1. The molecule has 10 nitrogen and oxygen atoms in total. The van der Waals surface area contributed by atoms with E-state index >= 15 is 4.39 Å². The third-order valence-electron chi connectivity index (χ3n) is 10.8. The third-order valence-corrected chi connectivity index (χ3v) is 11.1. The zero-order valence-electron chi connectivity index (χ0n) is 29.1. The summed E-state index contributed by atoms with van der Waals surface area (Å²) in [5.74, 6) is 0.322. The molecule has 3 saturated heterocycles. The number of hydrogen-bond donors (Lipinski definition) is 0. The number of carbonyl (C=O) groups is 1. The smallest absolute Gasteiger partial charge is 0.319 e. The van der Waals surface area contributed by atoms with Crippen molar-refractivity contribution >= 4 is 51.1 Å². The number of aromatic nitrogens is 5. The van der Waals surface area contributed by atoms with Crippen LogP contribution in [0.1, 0.15) is 43.6 Å². The Balaban J connectivity index is 1.15. The monoisotopic (exact) mass is 724 g/mol. The van der Waals surface area contributed by atoms with Crippen LogP contribution in [0, 0.1) is 12.7 Å². The normalized spacial score (nSPS) is 22.1. The zero-order valence-corrected chi connectivity index (χ0v) is 29.9. The number of anilines is 1. The molecule has 0 bridgehead atoms. The molecule has 0 spiro atoms. The molecule has 3 aliphatic rings. The van der Waals surface area contributed by atoms with Crippen LogP contribution in [0.15, 0.2) is 60.9 Å². The SMILES string of the molecule is Cc1nccc(/C=C/C(=O)N2CCC[C@@H](N(C)c3nc(OC[C@@]45CCCN4C[C@H](F)C5)nc4c(F)c(-c5cccc6cccc(Cl)c56)ncc34)C2)n1. The van der Waals surface area contributed by atoms with E-state index in [4.69, 9.17) is 21.3 Å². The molecule has 0 aliphatic carbocycles. The van der Waals surface area contributed by atoms with E-state index in [-0.39, 0.29) is 35.8 Å². The molecule has 2 aromatic carbocycles. The maximum Gasteiger partial charge on any atom is 0.319 e. The van der Waals surface area contributed by atoms with E-state index < -0.39 is 17.5 Å². The molecule has 0 radical (unpaired) electrons. The van der Waals surface area contributed by atoms with Crippen molar-refractivity contribution in [2.75, 3.05) is 44.7 Å². The molecule has 13 heteroatoms. The van der Waals surface area contributed by atoms with Gasteiger partial charge in [-0.3, -0.25) is 14.7 Å². The Morgan fingerprint density at radius 1 is 1.10 bits per heavy atom. The summed E-state index contributed by atoms with van der Waals surface area (Å²) in [6.45, 7) is 4.25. The fraction of sp³-hybridized carbons (Fsp3) is 0.385. The molecule has 3 atom stereocenters. The Morgan fingerprint density at radius 3 is 2.79 bits per heavy atom. The summed E-state index contributed by atoms with van der Waals surface area (Å²) >= 11 is 6.64. The van der Waals surface area contributed by atoms with Crippen LogP contribution in [0.3, 0.4) is 0 Å². The van der Waals surface area contributed by atoms with Crippen LogP contribution in [-0.2, 0) is 4.79 Å². The van der Waals surface area contributed by atoms with Gasteiger partial charge in [0.2, 0.25) is 5.91 Å². The average molecular weight is 725 g/mol. The second kappa shape index (κ2) is 14.0. The quantitative estimate of drug-likeness (QED) is 0.160. The molecule has 1 amide bonds. The zero-order chi connectivity index (χ0) is 36.0. The second-order valence-corrected chi connectivity index (χ2v) is 14.5. The number of nitrogens with zero attached hydrogens (tertiary/aromatic N) is 8. The number of hydrogen-bond acceptors (Lipinski definition) is 9. The number of rotatable bonds is 8. The minimum absolute atomic E-state index is 0.0108. The van der Waals surface area contributed by atoms with Gasteiger partial charge in [-0.2, -0.15) is 9.97 Å². The van der Waals surface area contributed by atoms with E-state index in [1.54, 1.807) is 48.5 Å². The third kappa shape index (κ3) is 6.43. The van der Waals surface area contributed by atoms with Crippen molar-refractivity contribution in [3.63, 3.8) is 0 Å². The van der Waals surface area contributed by atoms with Gasteiger partial charge in [0.25, 0.3) is 0 Å². The molecule has 5 aromatic rings. The molecule has 3 aromatic heterocycles. The topological polar surface area (TPSA) is 100 Å². The van der Waals surface area contributed by atoms with Gasteiger partial charge in [-0.25, -0.2) is 18.7 Å². The maximum absolute atomic E-state index is 16.9. The summed E-state index contributed by atoms with van der Waals surface area (Å²) in [6, 6.07) is 12.7. The van der Waals surface area contributed by atoms with Gasteiger partial charge in [0, 0.05) is 73.6 Å². The molecular weight excluding hydrogens is 686 g/mol.